The van der Waals surface area contributed by atoms with Crippen LogP contribution in [0, 0.1) is 0 Å². The van der Waals surface area contributed by atoms with E-state index in [2.05, 4.69) is 10.3 Å². The number of aliphatic carboxylic acids is 1. The van der Waals surface area contributed by atoms with Crippen LogP contribution in [0.15, 0.2) is 24.5 Å². The Bertz CT molecular complexity index is 422. The van der Waals surface area contributed by atoms with Crippen molar-refractivity contribution in [1.82, 2.24) is 10.3 Å². The highest BCUT2D eigenvalue weighted by atomic mass is 16.4. The summed E-state index contributed by atoms with van der Waals surface area (Å²) in [4.78, 5) is 27.7. The summed E-state index contributed by atoms with van der Waals surface area (Å²) in [5, 5.41) is 11.4. The van der Waals surface area contributed by atoms with E-state index in [0.29, 0.717) is 18.5 Å². The van der Waals surface area contributed by atoms with Gasteiger partial charge in [-0.3, -0.25) is 14.7 Å². The van der Waals surface area contributed by atoms with Gasteiger partial charge in [0.15, 0.2) is 0 Å². The maximum atomic E-state index is 11.9. The number of nitrogens with one attached hydrogen (secondary N) is 1. The van der Waals surface area contributed by atoms with Crippen molar-refractivity contribution in [2.24, 2.45) is 0 Å². The number of aromatic nitrogens is 1. The van der Waals surface area contributed by atoms with Crippen LogP contribution in [0.25, 0.3) is 0 Å². The molecule has 0 saturated heterocycles. The number of hydrogen-bond donors (Lipinski definition) is 2. The van der Waals surface area contributed by atoms with Crippen LogP contribution in [0.1, 0.15) is 26.2 Å². The average Bonchev–Trinajstić information content (AvgIpc) is 2.38. The molecule has 6 nitrogen and oxygen atoms in total. The van der Waals surface area contributed by atoms with Crippen LogP contribution in [0.5, 0.6) is 0 Å². The Morgan fingerprint density at radius 2 is 2.26 bits per heavy atom. The number of carboxylic acid groups (broad SMARTS) is 1. The number of nitrogens with zero attached hydrogens (tertiary/aromatic N) is 2. The third-order valence-corrected chi connectivity index (χ3v) is 2.74. The van der Waals surface area contributed by atoms with Gasteiger partial charge in [0.1, 0.15) is 0 Å². The molecule has 1 rings (SSSR count). The Hall–Kier alpha value is -2.11. The predicted molar refractivity (Wildman–Crippen MR) is 72.1 cm³/mol. The molecular formula is C13H19N3O3. The van der Waals surface area contributed by atoms with Gasteiger partial charge in [0.2, 0.25) is 0 Å². The number of urea groups is 1. The SMILES string of the molecule is CC(CCCC(=O)O)NC(=O)N(C)c1cccnc1. The predicted octanol–water partition coefficient (Wildman–Crippen LogP) is 1.87. The van der Waals surface area contributed by atoms with Gasteiger partial charge in [-0.05, 0) is 31.9 Å². The van der Waals surface area contributed by atoms with Crippen molar-refractivity contribution >= 4 is 17.7 Å². The summed E-state index contributed by atoms with van der Waals surface area (Å²) in [5.74, 6) is -0.814. The zero-order chi connectivity index (χ0) is 14.3. The summed E-state index contributed by atoms with van der Waals surface area (Å²) in [7, 11) is 1.66. The van der Waals surface area contributed by atoms with Crippen LogP contribution >= 0.6 is 0 Å². The maximum absolute atomic E-state index is 11.9. The van der Waals surface area contributed by atoms with Crippen molar-refractivity contribution in [3.63, 3.8) is 0 Å². The number of rotatable bonds is 6. The molecule has 0 saturated carbocycles. The number of carbonyl (C=O) groups excluding carboxylic acids is 1. The fourth-order valence-electron chi connectivity index (χ4n) is 1.61. The first kappa shape index (κ1) is 14.9. The Morgan fingerprint density at radius 1 is 1.53 bits per heavy atom. The Kier molecular flexibility index (Phi) is 5.78. The lowest BCUT2D eigenvalue weighted by Gasteiger charge is -2.21. The third kappa shape index (κ3) is 5.37. The van der Waals surface area contributed by atoms with Crippen LogP contribution in [0.2, 0.25) is 0 Å². The summed E-state index contributed by atoms with van der Waals surface area (Å²) in [6, 6.07) is 3.26. The second kappa shape index (κ2) is 7.35. The smallest absolute Gasteiger partial charge is 0.321 e. The van der Waals surface area contributed by atoms with Crippen molar-refractivity contribution in [3.05, 3.63) is 24.5 Å². The van der Waals surface area contributed by atoms with Crippen molar-refractivity contribution in [2.45, 2.75) is 32.2 Å². The van der Waals surface area contributed by atoms with E-state index in [1.807, 2.05) is 6.92 Å². The van der Waals surface area contributed by atoms with Crippen LogP contribution in [-0.4, -0.2) is 35.2 Å². The van der Waals surface area contributed by atoms with Crippen molar-refractivity contribution in [2.75, 3.05) is 11.9 Å². The Labute approximate surface area is 112 Å². The highest BCUT2D eigenvalue weighted by Gasteiger charge is 2.13. The number of hydrogen-bond acceptors (Lipinski definition) is 3. The van der Waals surface area contributed by atoms with Gasteiger partial charge in [-0.15, -0.1) is 0 Å². The molecule has 1 atom stereocenters. The van der Waals surface area contributed by atoms with E-state index in [1.165, 1.54) is 4.90 Å². The molecule has 2 N–H and O–H groups in total. The molecule has 1 unspecified atom stereocenters. The molecule has 6 heteroatoms. The monoisotopic (exact) mass is 265 g/mol. The van der Waals surface area contributed by atoms with Crippen LogP contribution < -0.4 is 10.2 Å². The fraction of sp³-hybridized carbons (Fsp3) is 0.462. The zero-order valence-corrected chi connectivity index (χ0v) is 11.2. The second-order valence-electron chi connectivity index (χ2n) is 4.41. The van der Waals surface area contributed by atoms with E-state index in [4.69, 9.17) is 5.11 Å². The average molecular weight is 265 g/mol. The number of amides is 2. The van der Waals surface area contributed by atoms with Gasteiger partial charge >= 0.3 is 12.0 Å². The van der Waals surface area contributed by atoms with Gasteiger partial charge in [-0.25, -0.2) is 4.79 Å². The summed E-state index contributed by atoms with van der Waals surface area (Å²) in [6.07, 6.45) is 4.56. The van der Waals surface area contributed by atoms with E-state index in [0.717, 1.165) is 0 Å². The maximum Gasteiger partial charge on any atom is 0.321 e. The molecule has 19 heavy (non-hydrogen) atoms. The van der Waals surface area contributed by atoms with Crippen LogP contribution in [0.3, 0.4) is 0 Å². The normalized spacial score (nSPS) is 11.7. The summed E-state index contributed by atoms with van der Waals surface area (Å²) in [5.41, 5.74) is 0.706. The Balaban J connectivity index is 2.39. The van der Waals surface area contributed by atoms with Gasteiger partial charge in [-0.2, -0.15) is 0 Å². The summed E-state index contributed by atoms with van der Waals surface area (Å²) < 4.78 is 0. The molecule has 0 aliphatic heterocycles. The lowest BCUT2D eigenvalue weighted by Crippen LogP contribution is -2.42. The van der Waals surface area contributed by atoms with E-state index in [-0.39, 0.29) is 18.5 Å². The van der Waals surface area contributed by atoms with Crippen LogP contribution in [-0.2, 0) is 4.79 Å². The lowest BCUT2D eigenvalue weighted by atomic mass is 10.1. The Morgan fingerprint density at radius 3 is 2.84 bits per heavy atom. The van der Waals surface area contributed by atoms with Crippen molar-refractivity contribution in [3.8, 4) is 0 Å². The van der Waals surface area contributed by atoms with Crippen molar-refractivity contribution < 1.29 is 14.7 Å². The highest BCUT2D eigenvalue weighted by Crippen LogP contribution is 2.10. The molecule has 0 aliphatic rings. The van der Waals surface area contributed by atoms with Crippen molar-refractivity contribution in [1.29, 1.82) is 0 Å². The molecule has 1 aromatic heterocycles. The first-order valence-electron chi connectivity index (χ1n) is 6.16. The molecule has 0 aliphatic carbocycles. The molecule has 0 aromatic carbocycles. The molecule has 0 radical (unpaired) electrons. The third-order valence-electron chi connectivity index (χ3n) is 2.74. The molecule has 2 amide bonds. The molecule has 0 fully saturated rings. The number of carbonyl (C=O) groups is 2. The summed E-state index contributed by atoms with van der Waals surface area (Å²) >= 11 is 0. The first-order valence-corrected chi connectivity index (χ1v) is 6.16. The quantitative estimate of drug-likeness (QED) is 0.822. The van der Waals surface area contributed by atoms with Gasteiger partial charge in [-0.1, -0.05) is 0 Å². The minimum atomic E-state index is -0.814. The first-order chi connectivity index (χ1) is 9.00. The van der Waals surface area contributed by atoms with E-state index in [1.54, 1.807) is 31.6 Å². The summed E-state index contributed by atoms with van der Waals surface area (Å²) in [6.45, 7) is 1.86. The molecule has 1 heterocycles. The standard InChI is InChI=1S/C13H19N3O3/c1-10(5-3-7-12(17)18)15-13(19)16(2)11-6-4-8-14-9-11/h4,6,8-10H,3,5,7H2,1-2H3,(H,15,19)(H,17,18). The van der Waals surface area contributed by atoms with Gasteiger partial charge in [0, 0.05) is 25.7 Å². The topological polar surface area (TPSA) is 82.5 Å². The highest BCUT2D eigenvalue weighted by molar-refractivity contribution is 5.91. The fourth-order valence-corrected chi connectivity index (χ4v) is 1.61. The zero-order valence-electron chi connectivity index (χ0n) is 11.2. The molecule has 0 spiro atoms. The van der Waals surface area contributed by atoms with Gasteiger partial charge in [0.05, 0.1) is 11.9 Å². The lowest BCUT2D eigenvalue weighted by molar-refractivity contribution is -0.137. The van der Waals surface area contributed by atoms with E-state index < -0.39 is 5.97 Å². The van der Waals surface area contributed by atoms with E-state index in [9.17, 15) is 9.59 Å². The molecule has 1 aromatic rings. The number of carboxylic acids is 1. The van der Waals surface area contributed by atoms with Crippen LogP contribution in [0.4, 0.5) is 10.5 Å². The van der Waals surface area contributed by atoms with E-state index >= 15 is 0 Å². The number of anilines is 1. The largest absolute Gasteiger partial charge is 0.481 e. The molecule has 104 valence electrons. The van der Waals surface area contributed by atoms with Gasteiger partial charge < -0.3 is 10.4 Å². The second-order valence-corrected chi connectivity index (χ2v) is 4.41. The minimum absolute atomic E-state index is 0.0639. The minimum Gasteiger partial charge on any atom is -0.481 e. The molecule has 0 bridgehead atoms. The number of pyridine rings is 1. The molecular weight excluding hydrogens is 246 g/mol. The van der Waals surface area contributed by atoms with Gasteiger partial charge in [0.25, 0.3) is 0 Å².